The minimum absolute atomic E-state index is 0.0221. The lowest BCUT2D eigenvalue weighted by Crippen LogP contribution is -2.21. The van der Waals surface area contributed by atoms with Crippen LogP contribution in [-0.2, 0) is 11.3 Å². The monoisotopic (exact) mass is 454 g/mol. The molecule has 168 valence electrons. The number of nitrogens with zero attached hydrogens (tertiary/aromatic N) is 5. The largest absolute Gasteiger partial charge is 0.372 e. The molecule has 0 saturated carbocycles. The smallest absolute Gasteiger partial charge is 0.269 e. The van der Waals surface area contributed by atoms with E-state index in [0.29, 0.717) is 17.4 Å². The van der Waals surface area contributed by atoms with E-state index in [2.05, 4.69) is 46.4 Å². The first-order chi connectivity index (χ1) is 15.5. The maximum absolute atomic E-state index is 12.3. The van der Waals surface area contributed by atoms with Crippen LogP contribution in [0.4, 0.5) is 17.1 Å². The summed E-state index contributed by atoms with van der Waals surface area (Å²) in [5, 5.41) is 22.7. The Bertz CT molecular complexity index is 1060. The Morgan fingerprint density at radius 2 is 1.72 bits per heavy atom. The van der Waals surface area contributed by atoms with Crippen molar-refractivity contribution in [1.82, 2.24) is 14.8 Å². The van der Waals surface area contributed by atoms with Gasteiger partial charge in [0.2, 0.25) is 5.91 Å². The molecular formula is C22H26N6O3S. The molecule has 0 bridgehead atoms. The van der Waals surface area contributed by atoms with Gasteiger partial charge in [-0.3, -0.25) is 14.9 Å². The van der Waals surface area contributed by atoms with Crippen molar-refractivity contribution < 1.29 is 9.72 Å². The second-order valence-corrected chi connectivity index (χ2v) is 7.85. The van der Waals surface area contributed by atoms with Gasteiger partial charge in [-0.05, 0) is 57.2 Å². The molecule has 1 amide bonds. The maximum atomic E-state index is 12.3. The van der Waals surface area contributed by atoms with Crippen molar-refractivity contribution in [2.45, 2.75) is 32.5 Å². The van der Waals surface area contributed by atoms with Crippen LogP contribution in [0.25, 0.3) is 11.4 Å². The first-order valence-corrected chi connectivity index (χ1v) is 11.4. The van der Waals surface area contributed by atoms with E-state index in [0.717, 1.165) is 24.5 Å². The highest BCUT2D eigenvalue weighted by Gasteiger charge is 2.15. The van der Waals surface area contributed by atoms with Crippen LogP contribution in [-0.4, -0.2) is 44.4 Å². The Kier molecular flexibility index (Phi) is 7.82. The van der Waals surface area contributed by atoms with Crippen LogP contribution in [0, 0.1) is 10.1 Å². The van der Waals surface area contributed by atoms with Gasteiger partial charge in [0.05, 0.1) is 10.7 Å². The summed E-state index contributed by atoms with van der Waals surface area (Å²) in [6.07, 6.45) is 0. The molecule has 1 heterocycles. The highest BCUT2D eigenvalue weighted by atomic mass is 32.2. The van der Waals surface area contributed by atoms with Crippen molar-refractivity contribution in [2.75, 3.05) is 29.1 Å². The number of nitro groups is 1. The number of aromatic nitrogens is 3. The van der Waals surface area contributed by atoms with Gasteiger partial charge < -0.3 is 14.8 Å². The Balaban J connectivity index is 1.65. The molecule has 0 atom stereocenters. The standard InChI is InChI=1S/C22H26N6O3S/c1-4-26(5-2)18-11-7-16(8-12-18)21-24-25-22(27(21)6-3)32-15-20(29)23-17-9-13-19(14-10-17)28(30)31/h7-14H,4-6,15H2,1-3H3,(H,23,29). The lowest BCUT2D eigenvalue weighted by molar-refractivity contribution is -0.384. The third-order valence-electron chi connectivity index (χ3n) is 4.98. The number of rotatable bonds is 10. The van der Waals surface area contributed by atoms with Gasteiger partial charge in [0.25, 0.3) is 5.69 Å². The number of nitrogens with one attached hydrogen (secondary N) is 1. The molecule has 10 heteroatoms. The van der Waals surface area contributed by atoms with Crippen molar-refractivity contribution in [2.24, 2.45) is 0 Å². The van der Waals surface area contributed by atoms with Gasteiger partial charge >= 0.3 is 0 Å². The summed E-state index contributed by atoms with van der Waals surface area (Å²) >= 11 is 1.30. The van der Waals surface area contributed by atoms with E-state index in [1.807, 2.05) is 23.6 Å². The predicted molar refractivity (Wildman–Crippen MR) is 127 cm³/mol. The average Bonchev–Trinajstić information content (AvgIpc) is 3.22. The number of anilines is 2. The third kappa shape index (κ3) is 5.44. The number of benzene rings is 2. The van der Waals surface area contributed by atoms with Gasteiger partial charge in [-0.1, -0.05) is 11.8 Å². The van der Waals surface area contributed by atoms with Crippen LogP contribution in [0.15, 0.2) is 53.7 Å². The maximum Gasteiger partial charge on any atom is 0.269 e. The van der Waals surface area contributed by atoms with E-state index in [1.54, 1.807) is 0 Å². The van der Waals surface area contributed by atoms with Gasteiger partial charge in [-0.15, -0.1) is 10.2 Å². The summed E-state index contributed by atoms with van der Waals surface area (Å²) in [6.45, 7) is 8.84. The van der Waals surface area contributed by atoms with Gasteiger partial charge in [0, 0.05) is 48.7 Å². The molecule has 0 radical (unpaired) electrons. The number of carbonyl (C=O) groups excluding carboxylic acids is 1. The van der Waals surface area contributed by atoms with E-state index in [4.69, 9.17) is 0 Å². The Morgan fingerprint density at radius 3 is 2.28 bits per heavy atom. The lowest BCUT2D eigenvalue weighted by atomic mass is 10.2. The van der Waals surface area contributed by atoms with E-state index in [1.165, 1.54) is 41.7 Å². The summed E-state index contributed by atoms with van der Waals surface area (Å²) in [5.41, 5.74) is 2.62. The third-order valence-corrected chi connectivity index (χ3v) is 5.95. The molecule has 0 fully saturated rings. The fourth-order valence-electron chi connectivity index (χ4n) is 3.30. The topological polar surface area (TPSA) is 106 Å². The Morgan fingerprint density at radius 1 is 1.06 bits per heavy atom. The zero-order valence-corrected chi connectivity index (χ0v) is 19.1. The number of amides is 1. The first kappa shape index (κ1) is 23.3. The number of carbonyl (C=O) groups is 1. The minimum atomic E-state index is -0.478. The van der Waals surface area contributed by atoms with E-state index < -0.39 is 4.92 Å². The van der Waals surface area contributed by atoms with Crippen molar-refractivity contribution in [3.8, 4) is 11.4 Å². The molecule has 3 rings (SSSR count). The highest BCUT2D eigenvalue weighted by Crippen LogP contribution is 2.26. The zero-order valence-electron chi connectivity index (χ0n) is 18.3. The highest BCUT2D eigenvalue weighted by molar-refractivity contribution is 7.99. The van der Waals surface area contributed by atoms with Crippen molar-refractivity contribution in [1.29, 1.82) is 0 Å². The summed E-state index contributed by atoms with van der Waals surface area (Å²) in [6, 6.07) is 14.0. The van der Waals surface area contributed by atoms with Crippen LogP contribution in [0.2, 0.25) is 0 Å². The SMILES string of the molecule is CCN(CC)c1ccc(-c2nnc(SCC(=O)Nc3ccc([N+](=O)[O-])cc3)n2CC)cc1. The molecule has 1 aromatic heterocycles. The Hall–Kier alpha value is -3.40. The molecule has 0 aliphatic carbocycles. The second kappa shape index (κ2) is 10.8. The summed E-state index contributed by atoms with van der Waals surface area (Å²) in [7, 11) is 0. The molecule has 9 nitrogen and oxygen atoms in total. The van der Waals surface area contributed by atoms with Crippen molar-refractivity contribution in [3.05, 3.63) is 58.6 Å². The fourth-order valence-corrected chi connectivity index (χ4v) is 4.10. The van der Waals surface area contributed by atoms with Crippen LogP contribution in [0.3, 0.4) is 0 Å². The van der Waals surface area contributed by atoms with E-state index >= 15 is 0 Å². The van der Waals surface area contributed by atoms with E-state index in [9.17, 15) is 14.9 Å². The van der Waals surface area contributed by atoms with Gasteiger partial charge in [0.15, 0.2) is 11.0 Å². The van der Waals surface area contributed by atoms with Crippen LogP contribution >= 0.6 is 11.8 Å². The molecule has 2 aromatic carbocycles. The Labute approximate surface area is 191 Å². The number of thioether (sulfide) groups is 1. The predicted octanol–water partition coefficient (Wildman–Crippen LogP) is 4.45. The molecule has 0 spiro atoms. The number of hydrogen-bond acceptors (Lipinski definition) is 7. The average molecular weight is 455 g/mol. The number of hydrogen-bond donors (Lipinski definition) is 1. The second-order valence-electron chi connectivity index (χ2n) is 6.91. The molecule has 0 unspecified atom stereocenters. The fraction of sp³-hybridized carbons (Fsp3) is 0.318. The van der Waals surface area contributed by atoms with Crippen molar-refractivity contribution >= 4 is 34.7 Å². The minimum Gasteiger partial charge on any atom is -0.372 e. The summed E-state index contributed by atoms with van der Waals surface area (Å²) < 4.78 is 1.98. The normalized spacial score (nSPS) is 10.7. The van der Waals surface area contributed by atoms with Crippen LogP contribution in [0.1, 0.15) is 20.8 Å². The van der Waals surface area contributed by atoms with Crippen LogP contribution < -0.4 is 10.2 Å². The number of non-ortho nitro benzene ring substituents is 1. The lowest BCUT2D eigenvalue weighted by Gasteiger charge is -2.21. The molecule has 1 N–H and O–H groups in total. The molecular weight excluding hydrogens is 428 g/mol. The molecule has 3 aromatic rings. The first-order valence-electron chi connectivity index (χ1n) is 10.4. The molecule has 0 saturated heterocycles. The van der Waals surface area contributed by atoms with Gasteiger partial charge in [-0.2, -0.15) is 0 Å². The number of nitro benzene ring substituents is 1. The quantitative estimate of drug-likeness (QED) is 0.274. The van der Waals surface area contributed by atoms with Gasteiger partial charge in [0.1, 0.15) is 0 Å². The van der Waals surface area contributed by atoms with Gasteiger partial charge in [-0.25, -0.2) is 0 Å². The van der Waals surface area contributed by atoms with Crippen LogP contribution in [0.5, 0.6) is 0 Å². The summed E-state index contributed by atoms with van der Waals surface area (Å²) in [5.74, 6) is 0.687. The zero-order chi connectivity index (χ0) is 23.1. The molecule has 32 heavy (non-hydrogen) atoms. The molecule has 0 aliphatic rings. The summed E-state index contributed by atoms with van der Waals surface area (Å²) in [4.78, 5) is 24.8. The molecule has 0 aliphatic heterocycles. The van der Waals surface area contributed by atoms with E-state index in [-0.39, 0.29) is 17.3 Å². The van der Waals surface area contributed by atoms with Crippen molar-refractivity contribution in [3.63, 3.8) is 0 Å².